The minimum absolute atomic E-state index is 0.0419. The third kappa shape index (κ3) is 5.07. The lowest BCUT2D eigenvalue weighted by Crippen LogP contribution is -2.37. The van der Waals surface area contributed by atoms with Gasteiger partial charge in [0.2, 0.25) is 11.8 Å². The number of carbonyl (C=O) groups is 2. The molecule has 0 unspecified atom stereocenters. The highest BCUT2D eigenvalue weighted by atomic mass is 16.5. The van der Waals surface area contributed by atoms with Gasteiger partial charge in [-0.1, -0.05) is 54.6 Å². The van der Waals surface area contributed by atoms with E-state index in [1.807, 2.05) is 66.7 Å². The molecule has 0 atom stereocenters. The highest BCUT2D eigenvalue weighted by Gasteiger charge is 2.09. The first-order valence-electron chi connectivity index (χ1n) is 8.78. The van der Waals surface area contributed by atoms with Gasteiger partial charge >= 0.3 is 0 Å². The molecule has 2 N–H and O–H groups in total. The number of hydrogen-bond donors (Lipinski definition) is 2. The Hall–Kier alpha value is -3.34. The maximum absolute atomic E-state index is 12.2. The highest BCUT2D eigenvalue weighted by Crippen LogP contribution is 2.18. The summed E-state index contributed by atoms with van der Waals surface area (Å²) in [6.45, 7) is 0.363. The van der Waals surface area contributed by atoms with E-state index in [0.29, 0.717) is 6.54 Å². The molecule has 0 aliphatic heterocycles. The molecule has 3 aromatic rings. The van der Waals surface area contributed by atoms with Crippen molar-refractivity contribution in [3.63, 3.8) is 0 Å². The molecule has 5 nitrogen and oxygen atoms in total. The van der Waals surface area contributed by atoms with Crippen LogP contribution < -0.4 is 15.4 Å². The summed E-state index contributed by atoms with van der Waals surface area (Å²) in [4.78, 5) is 24.2. The smallest absolute Gasteiger partial charge is 0.239 e. The number of methoxy groups -OCH3 is 1. The molecule has 0 saturated carbocycles. The zero-order chi connectivity index (χ0) is 19.1. The largest absolute Gasteiger partial charge is 0.497 e. The van der Waals surface area contributed by atoms with Crippen LogP contribution in [0.25, 0.3) is 10.8 Å². The van der Waals surface area contributed by atoms with Gasteiger partial charge in [-0.2, -0.15) is 0 Å². The summed E-state index contributed by atoms with van der Waals surface area (Å²) in [5.41, 5.74) is 1.91. The summed E-state index contributed by atoms with van der Waals surface area (Å²) in [6.07, 6.45) is 0.243. The predicted octanol–water partition coefficient (Wildman–Crippen LogP) is 2.82. The fraction of sp³-hybridized carbons (Fsp3) is 0.182. The Kier molecular flexibility index (Phi) is 6.05. The van der Waals surface area contributed by atoms with Gasteiger partial charge < -0.3 is 15.4 Å². The molecule has 0 fully saturated rings. The molecule has 138 valence electrons. The van der Waals surface area contributed by atoms with Gasteiger partial charge in [0.1, 0.15) is 5.75 Å². The second-order valence-corrected chi connectivity index (χ2v) is 6.22. The van der Waals surface area contributed by atoms with E-state index in [9.17, 15) is 9.59 Å². The second kappa shape index (κ2) is 8.85. The topological polar surface area (TPSA) is 67.4 Å². The summed E-state index contributed by atoms with van der Waals surface area (Å²) in [7, 11) is 1.61. The zero-order valence-electron chi connectivity index (χ0n) is 15.2. The van der Waals surface area contributed by atoms with Gasteiger partial charge in [0, 0.05) is 6.54 Å². The van der Waals surface area contributed by atoms with Crippen molar-refractivity contribution in [3.8, 4) is 5.75 Å². The van der Waals surface area contributed by atoms with Crippen LogP contribution in [0.15, 0.2) is 66.7 Å². The minimum Gasteiger partial charge on any atom is -0.497 e. The first-order chi connectivity index (χ1) is 13.2. The average Bonchev–Trinajstić information content (AvgIpc) is 2.71. The Bertz CT molecular complexity index is 930. The van der Waals surface area contributed by atoms with Crippen molar-refractivity contribution < 1.29 is 14.3 Å². The van der Waals surface area contributed by atoms with E-state index in [4.69, 9.17) is 4.74 Å². The van der Waals surface area contributed by atoms with Crippen LogP contribution in [0.2, 0.25) is 0 Å². The molecule has 0 aliphatic carbocycles. The number of rotatable bonds is 7. The van der Waals surface area contributed by atoms with E-state index in [1.165, 1.54) is 0 Å². The Morgan fingerprint density at radius 3 is 2.37 bits per heavy atom. The molecule has 0 aliphatic rings. The lowest BCUT2D eigenvalue weighted by atomic mass is 10.0. The minimum atomic E-state index is -0.225. The van der Waals surface area contributed by atoms with Gasteiger partial charge in [0.05, 0.1) is 20.1 Å². The van der Waals surface area contributed by atoms with Crippen LogP contribution >= 0.6 is 0 Å². The normalized spacial score (nSPS) is 10.4. The average molecular weight is 362 g/mol. The molecule has 0 bridgehead atoms. The third-order valence-electron chi connectivity index (χ3n) is 4.33. The van der Waals surface area contributed by atoms with Crippen LogP contribution in [0.4, 0.5) is 0 Å². The van der Waals surface area contributed by atoms with Gasteiger partial charge in [-0.25, -0.2) is 0 Å². The molecular formula is C22H22N2O3. The fourth-order valence-electron chi connectivity index (χ4n) is 2.87. The Labute approximate surface area is 158 Å². The van der Waals surface area contributed by atoms with E-state index in [1.54, 1.807) is 7.11 Å². The summed E-state index contributed by atoms with van der Waals surface area (Å²) in [5, 5.41) is 7.62. The van der Waals surface area contributed by atoms with E-state index in [-0.39, 0.29) is 24.8 Å². The van der Waals surface area contributed by atoms with Crippen LogP contribution in [0.5, 0.6) is 5.75 Å². The number of ether oxygens (including phenoxy) is 1. The number of carbonyl (C=O) groups excluding carboxylic acids is 2. The zero-order valence-corrected chi connectivity index (χ0v) is 15.2. The highest BCUT2D eigenvalue weighted by molar-refractivity contribution is 5.91. The van der Waals surface area contributed by atoms with Crippen molar-refractivity contribution in [2.45, 2.75) is 13.0 Å². The third-order valence-corrected chi connectivity index (χ3v) is 4.33. The van der Waals surface area contributed by atoms with Gasteiger partial charge in [-0.15, -0.1) is 0 Å². The monoisotopic (exact) mass is 362 g/mol. The number of amides is 2. The number of fused-ring (bicyclic) bond motifs is 1. The van der Waals surface area contributed by atoms with Gasteiger partial charge in [0.25, 0.3) is 0 Å². The van der Waals surface area contributed by atoms with Crippen molar-refractivity contribution in [1.82, 2.24) is 10.6 Å². The lowest BCUT2D eigenvalue weighted by molar-refractivity contribution is -0.125. The molecule has 5 heteroatoms. The first kappa shape index (κ1) is 18.5. The van der Waals surface area contributed by atoms with E-state index >= 15 is 0 Å². The SMILES string of the molecule is COc1ccc(CNC(=O)CNC(=O)Cc2cccc3ccccc23)cc1. The second-order valence-electron chi connectivity index (χ2n) is 6.22. The number of nitrogens with one attached hydrogen (secondary N) is 2. The van der Waals surface area contributed by atoms with E-state index in [0.717, 1.165) is 27.6 Å². The molecule has 27 heavy (non-hydrogen) atoms. The lowest BCUT2D eigenvalue weighted by Gasteiger charge is -2.09. The van der Waals surface area contributed by atoms with Gasteiger partial charge in [-0.05, 0) is 34.0 Å². The molecule has 0 saturated heterocycles. The van der Waals surface area contributed by atoms with Crippen LogP contribution in [0, 0.1) is 0 Å². The van der Waals surface area contributed by atoms with Gasteiger partial charge in [-0.3, -0.25) is 9.59 Å². The van der Waals surface area contributed by atoms with E-state index < -0.39 is 0 Å². The summed E-state index contributed by atoms with van der Waals surface area (Å²) in [6, 6.07) is 21.3. The van der Waals surface area contributed by atoms with Crippen LogP contribution in [0.1, 0.15) is 11.1 Å². The molecule has 0 aromatic heterocycles. The van der Waals surface area contributed by atoms with Crippen LogP contribution in [-0.2, 0) is 22.6 Å². The van der Waals surface area contributed by atoms with Gasteiger partial charge in [0.15, 0.2) is 0 Å². The molecule has 2 amide bonds. The van der Waals surface area contributed by atoms with Crippen molar-refractivity contribution in [2.24, 2.45) is 0 Å². The molecule has 0 heterocycles. The first-order valence-corrected chi connectivity index (χ1v) is 8.78. The summed E-state index contributed by atoms with van der Waals surface area (Å²) in [5.74, 6) is 0.369. The standard InChI is InChI=1S/C22H22N2O3/c1-27-19-11-9-16(10-12-19)14-23-22(26)15-24-21(25)13-18-7-4-6-17-5-2-3-8-20(17)18/h2-12H,13-15H2,1H3,(H,23,26)(H,24,25). The van der Waals surface area contributed by atoms with Crippen molar-refractivity contribution in [2.75, 3.05) is 13.7 Å². The Morgan fingerprint density at radius 1 is 0.852 bits per heavy atom. The van der Waals surface area contributed by atoms with Crippen molar-refractivity contribution >= 4 is 22.6 Å². The Balaban J connectivity index is 1.47. The van der Waals surface area contributed by atoms with Crippen LogP contribution in [-0.4, -0.2) is 25.5 Å². The quantitative estimate of drug-likeness (QED) is 0.679. The maximum atomic E-state index is 12.2. The molecule has 0 spiro atoms. The fourth-order valence-corrected chi connectivity index (χ4v) is 2.87. The van der Waals surface area contributed by atoms with E-state index in [2.05, 4.69) is 10.6 Å². The van der Waals surface area contributed by atoms with Crippen molar-refractivity contribution in [1.29, 1.82) is 0 Å². The number of hydrogen-bond acceptors (Lipinski definition) is 3. The number of benzene rings is 3. The maximum Gasteiger partial charge on any atom is 0.239 e. The molecule has 0 radical (unpaired) electrons. The molecular weight excluding hydrogens is 340 g/mol. The summed E-state index contributed by atoms with van der Waals surface area (Å²) >= 11 is 0. The van der Waals surface area contributed by atoms with Crippen molar-refractivity contribution in [3.05, 3.63) is 77.9 Å². The Morgan fingerprint density at radius 2 is 1.59 bits per heavy atom. The van der Waals surface area contributed by atoms with Crippen LogP contribution in [0.3, 0.4) is 0 Å². The molecule has 3 aromatic carbocycles. The molecule has 3 rings (SSSR count). The summed E-state index contributed by atoms with van der Waals surface area (Å²) < 4.78 is 5.10. The predicted molar refractivity (Wildman–Crippen MR) is 106 cm³/mol.